The number of nitrogens with zero attached hydrogens (tertiary/aromatic N) is 1. The number of thioether (sulfide) groups is 1. The Hall–Kier alpha value is -0.920. The van der Waals surface area contributed by atoms with E-state index in [-0.39, 0.29) is 10.6 Å². The van der Waals surface area contributed by atoms with Crippen molar-refractivity contribution in [2.24, 2.45) is 0 Å². The van der Waals surface area contributed by atoms with E-state index in [9.17, 15) is 8.42 Å². The van der Waals surface area contributed by atoms with Crippen LogP contribution in [0, 0.1) is 0 Å². The molecule has 1 aromatic rings. The summed E-state index contributed by atoms with van der Waals surface area (Å²) in [6.07, 6.45) is 3.10. The van der Waals surface area contributed by atoms with Crippen molar-refractivity contribution in [3.63, 3.8) is 0 Å². The number of rotatable bonds is 7. The summed E-state index contributed by atoms with van der Waals surface area (Å²) in [6, 6.07) is 5.46. The number of sulfonamides is 1. The third kappa shape index (κ3) is 3.80. The number of benzene rings is 1. The molecule has 0 saturated heterocycles. The summed E-state index contributed by atoms with van der Waals surface area (Å²) < 4.78 is 25.9. The van der Waals surface area contributed by atoms with E-state index in [1.807, 2.05) is 7.05 Å². The van der Waals surface area contributed by atoms with Gasteiger partial charge in [0.1, 0.15) is 4.90 Å². The molecule has 0 aliphatic heterocycles. The maximum atomic E-state index is 11.8. The van der Waals surface area contributed by atoms with Crippen molar-refractivity contribution in [3.05, 3.63) is 18.2 Å². The highest BCUT2D eigenvalue weighted by molar-refractivity contribution is 7.98. The number of hydrogen-bond acceptors (Lipinski definition) is 5. The van der Waals surface area contributed by atoms with Crippen molar-refractivity contribution in [2.75, 3.05) is 36.7 Å². The fraction of sp³-hybridized carbons (Fsp3) is 0.538. The number of nitrogens with two attached hydrogens (primary N) is 1. The normalized spacial score (nSPS) is 13.2. The summed E-state index contributed by atoms with van der Waals surface area (Å²) in [7, 11) is -0.124. The molecular weight excluding hydrogens is 294 g/mol. The van der Waals surface area contributed by atoms with Gasteiger partial charge >= 0.3 is 0 Å². The Kier molecular flexibility index (Phi) is 6.16. The molecular formula is C13H23N3O2S2. The van der Waals surface area contributed by atoms with Crippen molar-refractivity contribution in [3.8, 4) is 0 Å². The molecule has 0 aliphatic rings. The first-order valence-electron chi connectivity index (χ1n) is 6.42. The summed E-state index contributed by atoms with van der Waals surface area (Å²) in [5.74, 6) is 1.02. The van der Waals surface area contributed by atoms with Gasteiger partial charge in [0.05, 0.1) is 5.69 Å². The van der Waals surface area contributed by atoms with Gasteiger partial charge in [-0.25, -0.2) is 13.1 Å². The SMILES string of the molecule is CCC(CSC)N(C)c1ccc(S(=O)(=O)NC)c(N)c1. The first kappa shape index (κ1) is 17.1. The Bertz CT molecular complexity index is 547. The molecule has 0 radical (unpaired) electrons. The highest BCUT2D eigenvalue weighted by Gasteiger charge is 2.18. The lowest BCUT2D eigenvalue weighted by atomic mass is 10.2. The minimum Gasteiger partial charge on any atom is -0.398 e. The quantitative estimate of drug-likeness (QED) is 0.750. The van der Waals surface area contributed by atoms with Crippen molar-refractivity contribution >= 4 is 33.2 Å². The first-order chi connectivity index (χ1) is 9.37. The maximum Gasteiger partial charge on any atom is 0.242 e. The van der Waals surface area contributed by atoms with Gasteiger partial charge in [-0.15, -0.1) is 0 Å². The van der Waals surface area contributed by atoms with Gasteiger partial charge in [-0.3, -0.25) is 0 Å². The summed E-state index contributed by atoms with van der Waals surface area (Å²) >= 11 is 1.79. The van der Waals surface area contributed by atoms with E-state index >= 15 is 0 Å². The van der Waals surface area contributed by atoms with Gasteiger partial charge in [-0.2, -0.15) is 11.8 Å². The lowest BCUT2D eigenvalue weighted by molar-refractivity contribution is 0.588. The second-order valence-corrected chi connectivity index (χ2v) is 7.32. The van der Waals surface area contributed by atoms with Gasteiger partial charge in [0.25, 0.3) is 0 Å². The van der Waals surface area contributed by atoms with E-state index in [1.165, 1.54) is 7.05 Å². The molecule has 0 fully saturated rings. The molecule has 0 amide bonds. The number of nitrogen functional groups attached to an aromatic ring is 1. The molecule has 0 heterocycles. The molecule has 0 aromatic heterocycles. The van der Waals surface area contributed by atoms with Crippen molar-refractivity contribution in [2.45, 2.75) is 24.3 Å². The lowest BCUT2D eigenvalue weighted by Gasteiger charge is -2.29. The Morgan fingerprint density at radius 2 is 2.10 bits per heavy atom. The van der Waals surface area contributed by atoms with Crippen LogP contribution in [0.2, 0.25) is 0 Å². The fourth-order valence-corrected chi connectivity index (χ4v) is 3.70. The summed E-state index contributed by atoms with van der Waals surface area (Å²) in [5.41, 5.74) is 7.08. The van der Waals surface area contributed by atoms with Crippen LogP contribution in [-0.4, -0.2) is 40.6 Å². The highest BCUT2D eigenvalue weighted by atomic mass is 32.2. The fourth-order valence-electron chi connectivity index (χ4n) is 2.02. The third-order valence-electron chi connectivity index (χ3n) is 3.34. The molecule has 5 nitrogen and oxygen atoms in total. The molecule has 0 bridgehead atoms. The monoisotopic (exact) mass is 317 g/mol. The second-order valence-electron chi connectivity index (χ2n) is 4.56. The number of anilines is 2. The molecule has 0 aliphatic carbocycles. The molecule has 1 unspecified atom stereocenters. The molecule has 1 aromatic carbocycles. The topological polar surface area (TPSA) is 75.4 Å². The molecule has 7 heteroatoms. The summed E-state index contributed by atoms with van der Waals surface area (Å²) in [6.45, 7) is 2.14. The van der Waals surface area contributed by atoms with Crippen molar-refractivity contribution < 1.29 is 8.42 Å². The molecule has 1 atom stereocenters. The zero-order valence-electron chi connectivity index (χ0n) is 12.4. The van der Waals surface area contributed by atoms with Gasteiger partial charge in [-0.05, 0) is 37.9 Å². The van der Waals surface area contributed by atoms with E-state index in [1.54, 1.807) is 30.0 Å². The van der Waals surface area contributed by atoms with E-state index in [4.69, 9.17) is 5.73 Å². The van der Waals surface area contributed by atoms with Crippen LogP contribution >= 0.6 is 11.8 Å². The average molecular weight is 317 g/mol. The smallest absolute Gasteiger partial charge is 0.242 e. The zero-order chi connectivity index (χ0) is 15.3. The van der Waals surface area contributed by atoms with Crippen LogP contribution in [0.4, 0.5) is 11.4 Å². The minimum atomic E-state index is -3.50. The van der Waals surface area contributed by atoms with E-state index in [2.05, 4.69) is 22.8 Å². The molecule has 114 valence electrons. The lowest BCUT2D eigenvalue weighted by Crippen LogP contribution is -2.33. The van der Waals surface area contributed by atoms with Gasteiger partial charge in [-0.1, -0.05) is 6.92 Å². The predicted octanol–water partition coefficient (Wildman–Crippen LogP) is 1.75. The highest BCUT2D eigenvalue weighted by Crippen LogP contribution is 2.26. The van der Waals surface area contributed by atoms with Crippen molar-refractivity contribution in [1.29, 1.82) is 0 Å². The first-order valence-corrected chi connectivity index (χ1v) is 9.29. The predicted molar refractivity (Wildman–Crippen MR) is 88.0 cm³/mol. The van der Waals surface area contributed by atoms with Crippen LogP contribution in [0.1, 0.15) is 13.3 Å². The van der Waals surface area contributed by atoms with Crippen LogP contribution < -0.4 is 15.4 Å². The van der Waals surface area contributed by atoms with Gasteiger partial charge < -0.3 is 10.6 Å². The molecule has 20 heavy (non-hydrogen) atoms. The Labute approximate surface area is 126 Å². The number of nitrogens with one attached hydrogen (secondary N) is 1. The largest absolute Gasteiger partial charge is 0.398 e. The Morgan fingerprint density at radius 1 is 1.45 bits per heavy atom. The van der Waals surface area contributed by atoms with Crippen LogP contribution in [0.3, 0.4) is 0 Å². The van der Waals surface area contributed by atoms with Gasteiger partial charge in [0, 0.05) is 24.5 Å². The molecule has 0 spiro atoms. The van der Waals surface area contributed by atoms with Crippen molar-refractivity contribution in [1.82, 2.24) is 4.72 Å². The standard InChI is InChI=1S/C13H23N3O2S2/c1-5-10(9-19-4)16(3)11-6-7-13(12(14)8-11)20(17,18)15-2/h6-8,10,15H,5,9,14H2,1-4H3. The molecule has 0 saturated carbocycles. The van der Waals surface area contributed by atoms with E-state index in [0.717, 1.165) is 17.9 Å². The zero-order valence-corrected chi connectivity index (χ0v) is 14.0. The summed E-state index contributed by atoms with van der Waals surface area (Å²) in [4.78, 5) is 2.26. The maximum absolute atomic E-state index is 11.8. The van der Waals surface area contributed by atoms with Gasteiger partial charge in [0.15, 0.2) is 0 Å². The van der Waals surface area contributed by atoms with Gasteiger partial charge in [0.2, 0.25) is 10.0 Å². The third-order valence-corrected chi connectivity index (χ3v) is 5.54. The average Bonchev–Trinajstić information content (AvgIpc) is 2.43. The molecule has 3 N–H and O–H groups in total. The second kappa shape index (κ2) is 7.19. The van der Waals surface area contributed by atoms with Crippen LogP contribution in [0.25, 0.3) is 0 Å². The minimum absolute atomic E-state index is 0.120. The Balaban J connectivity index is 3.09. The van der Waals surface area contributed by atoms with Crippen LogP contribution in [0.15, 0.2) is 23.1 Å². The van der Waals surface area contributed by atoms with Crippen LogP contribution in [-0.2, 0) is 10.0 Å². The number of hydrogen-bond donors (Lipinski definition) is 2. The summed E-state index contributed by atoms with van der Waals surface area (Å²) in [5, 5.41) is 0. The molecule has 1 rings (SSSR count). The van der Waals surface area contributed by atoms with E-state index in [0.29, 0.717) is 6.04 Å². The van der Waals surface area contributed by atoms with E-state index < -0.39 is 10.0 Å². The van der Waals surface area contributed by atoms with Crippen LogP contribution in [0.5, 0.6) is 0 Å². The Morgan fingerprint density at radius 3 is 2.55 bits per heavy atom.